The summed E-state index contributed by atoms with van der Waals surface area (Å²) in [5.74, 6) is 0. The van der Waals surface area contributed by atoms with E-state index in [2.05, 4.69) is 0 Å². The summed E-state index contributed by atoms with van der Waals surface area (Å²) in [6.45, 7) is 0. The Morgan fingerprint density at radius 2 is 0.667 bits per heavy atom. The third-order valence-electron chi connectivity index (χ3n) is 0. The molecule has 0 aliphatic heterocycles. The van der Waals surface area contributed by atoms with Crippen LogP contribution in [0.15, 0.2) is 0 Å². The maximum atomic E-state index is 8.46. The Hall–Kier alpha value is 0.983. The molecule has 12 heteroatoms. The fraction of sp³-hybridized carbons (Fsp3) is 0. The molecule has 0 aromatic carbocycles. The first-order chi connectivity index (χ1) is 4.24. The zero-order chi connectivity index (χ0) is 8.12. The molecule has 0 heterocycles. The minimum Gasteiger partial charge on any atom is -0.412 e. The van der Waals surface area contributed by atoms with Crippen molar-refractivity contribution in [2.45, 2.75) is 0 Å². The third kappa shape index (κ3) is 1130. The Kier molecular flexibility index (Phi) is 290. The van der Waals surface area contributed by atoms with E-state index in [9.17, 15) is 0 Å². The SMILES string of the molecule is O.O.O=PO.O=PO.O=PO.[Bi+3]. The van der Waals surface area contributed by atoms with E-state index in [-0.39, 0.29) is 37.2 Å². The average molecular weight is 437 g/mol. The molecule has 0 aliphatic carbocycles. The summed E-state index contributed by atoms with van der Waals surface area (Å²) in [6, 6.07) is 0. The van der Waals surface area contributed by atoms with Crippen LogP contribution in [0.3, 0.4) is 0 Å². The van der Waals surface area contributed by atoms with Gasteiger partial charge in [0.15, 0.2) is 0 Å². The van der Waals surface area contributed by atoms with E-state index in [0.717, 1.165) is 0 Å². The van der Waals surface area contributed by atoms with Gasteiger partial charge in [0.05, 0.1) is 0 Å². The van der Waals surface area contributed by atoms with Crippen LogP contribution in [-0.2, 0) is 13.7 Å². The van der Waals surface area contributed by atoms with E-state index in [0.29, 0.717) is 0 Å². The van der Waals surface area contributed by atoms with E-state index in [4.69, 9.17) is 28.4 Å². The molecule has 0 bridgehead atoms. The first-order valence-corrected chi connectivity index (χ1v) is 3.44. The first kappa shape index (κ1) is 38.2. The number of rotatable bonds is 0. The molecule has 0 spiro atoms. The molecule has 0 rings (SSSR count). The van der Waals surface area contributed by atoms with Crippen LogP contribution in [0.4, 0.5) is 0 Å². The topological polar surface area (TPSA) is 175 Å². The second-order valence-corrected chi connectivity index (χ2v) is 0.735. The van der Waals surface area contributed by atoms with Crippen molar-refractivity contribution in [3.63, 3.8) is 0 Å². The smallest absolute Gasteiger partial charge is 0.412 e. The molecule has 0 aromatic rings. The molecule has 0 aromatic heterocycles. The molecule has 7 N–H and O–H groups in total. The summed E-state index contributed by atoms with van der Waals surface area (Å²) in [6.07, 6.45) is 0. The van der Waals surface area contributed by atoms with Gasteiger partial charge >= 0.3 is 52.3 Å². The largest absolute Gasteiger partial charge is 3.00 e. The summed E-state index contributed by atoms with van der Waals surface area (Å²) < 4.78 is 25.4. The summed E-state index contributed by atoms with van der Waals surface area (Å²) >= 11 is 0. The number of hydrogen-bond donors (Lipinski definition) is 3. The molecular formula is H7BiO8P3+3. The van der Waals surface area contributed by atoms with Crippen molar-refractivity contribution >= 4 is 52.3 Å². The predicted octanol–water partition coefficient (Wildman–Crippen LogP) is -1.47. The molecule has 0 unspecified atom stereocenters. The van der Waals surface area contributed by atoms with Crippen molar-refractivity contribution < 1.29 is 39.3 Å². The molecule has 0 aliphatic rings. The molecule has 72 valence electrons. The normalized spacial score (nSPS) is 5.25. The van der Waals surface area contributed by atoms with Gasteiger partial charge in [-0.1, -0.05) is 0 Å². The molecule has 8 nitrogen and oxygen atoms in total. The zero-order valence-corrected chi connectivity index (χ0v) is 11.5. The Bertz CT molecular complexity index is 51.1. The fourth-order valence-corrected chi connectivity index (χ4v) is 0. The van der Waals surface area contributed by atoms with Gasteiger partial charge in [0.1, 0.15) is 0 Å². The standard InChI is InChI=1S/Bi.3HO2P.2H2O/c;3*1-3-2;;/h;3*(H,1,2);2*1H2/q+3;;;;;. The van der Waals surface area contributed by atoms with E-state index < -0.39 is 26.1 Å². The van der Waals surface area contributed by atoms with Crippen LogP contribution >= 0.6 is 26.1 Å². The van der Waals surface area contributed by atoms with Crippen molar-refractivity contribution in [2.75, 3.05) is 0 Å². The van der Waals surface area contributed by atoms with Gasteiger partial charge in [-0.05, 0) is 0 Å². The van der Waals surface area contributed by atoms with Gasteiger partial charge < -0.3 is 25.6 Å². The quantitative estimate of drug-likeness (QED) is 0.308. The molecule has 2 radical (unpaired) electrons. The van der Waals surface area contributed by atoms with Crippen molar-refractivity contribution in [1.29, 1.82) is 0 Å². The molecule has 0 atom stereocenters. The molecule has 0 fully saturated rings. The van der Waals surface area contributed by atoms with Crippen molar-refractivity contribution in [2.24, 2.45) is 0 Å². The number of hydrogen-bond acceptors (Lipinski definition) is 3. The maximum Gasteiger partial charge on any atom is 3.00 e. The molecule has 0 saturated carbocycles. The van der Waals surface area contributed by atoms with E-state index in [1.807, 2.05) is 0 Å². The van der Waals surface area contributed by atoms with Crippen LogP contribution in [0.5, 0.6) is 0 Å². The maximum absolute atomic E-state index is 8.46. The van der Waals surface area contributed by atoms with E-state index >= 15 is 0 Å². The molecule has 0 amide bonds. The second kappa shape index (κ2) is 91.1. The van der Waals surface area contributed by atoms with Gasteiger partial charge in [-0.25, -0.2) is 13.7 Å². The van der Waals surface area contributed by atoms with Crippen LogP contribution in [0.2, 0.25) is 0 Å². The Morgan fingerprint density at radius 1 is 0.667 bits per heavy atom. The van der Waals surface area contributed by atoms with Crippen LogP contribution in [0.1, 0.15) is 0 Å². The van der Waals surface area contributed by atoms with Gasteiger partial charge in [-0.3, -0.25) is 0 Å². The minimum atomic E-state index is -0.833. The first-order valence-electron chi connectivity index (χ1n) is 1.15. The van der Waals surface area contributed by atoms with Gasteiger partial charge in [0, 0.05) is 0 Å². The van der Waals surface area contributed by atoms with Gasteiger partial charge in [-0.2, -0.15) is 0 Å². The van der Waals surface area contributed by atoms with E-state index in [1.165, 1.54) is 0 Å². The third-order valence-corrected chi connectivity index (χ3v) is 0. The van der Waals surface area contributed by atoms with Crippen molar-refractivity contribution in [1.82, 2.24) is 0 Å². The van der Waals surface area contributed by atoms with Crippen LogP contribution < -0.4 is 0 Å². The minimum absolute atomic E-state index is 0. The van der Waals surface area contributed by atoms with Crippen LogP contribution in [0.25, 0.3) is 0 Å². The Balaban J connectivity index is -0.00000001000. The van der Waals surface area contributed by atoms with Crippen LogP contribution in [-0.4, -0.2) is 51.8 Å². The van der Waals surface area contributed by atoms with Crippen molar-refractivity contribution in [3.05, 3.63) is 0 Å². The average Bonchev–Trinajstić information content (AvgIpc) is 1.70. The van der Waals surface area contributed by atoms with Crippen molar-refractivity contribution in [3.8, 4) is 0 Å². The molecule has 12 heavy (non-hydrogen) atoms. The summed E-state index contributed by atoms with van der Waals surface area (Å²) in [5.41, 5.74) is 0. The van der Waals surface area contributed by atoms with Gasteiger partial charge in [0.25, 0.3) is 0 Å². The summed E-state index contributed by atoms with van der Waals surface area (Å²) in [5, 5.41) is 0. The zero-order valence-electron chi connectivity index (χ0n) is 5.36. The molecule has 0 saturated heterocycles. The molecular weight excluding hydrogens is 430 g/mol. The second-order valence-electron chi connectivity index (χ2n) is 0.245. The summed E-state index contributed by atoms with van der Waals surface area (Å²) in [7, 11) is -2.50. The van der Waals surface area contributed by atoms with Crippen LogP contribution in [0, 0.1) is 0 Å². The van der Waals surface area contributed by atoms with Gasteiger partial charge in [-0.15, -0.1) is 0 Å². The predicted molar refractivity (Wildman–Crippen MR) is 42.5 cm³/mol. The van der Waals surface area contributed by atoms with E-state index in [1.54, 1.807) is 0 Å². The summed E-state index contributed by atoms with van der Waals surface area (Å²) in [4.78, 5) is 21.0. The fourth-order valence-electron chi connectivity index (χ4n) is 0. The Labute approximate surface area is 91.6 Å². The monoisotopic (exact) mass is 437 g/mol. The Morgan fingerprint density at radius 3 is 0.667 bits per heavy atom. The van der Waals surface area contributed by atoms with Gasteiger partial charge in [0.2, 0.25) is 0 Å².